The molecule has 4 N–H and O–H groups in total. The van der Waals surface area contributed by atoms with Gasteiger partial charge < -0.3 is 0 Å². The zero-order valence-electron chi connectivity index (χ0n) is 11.7. The van der Waals surface area contributed by atoms with E-state index in [4.69, 9.17) is 14.0 Å². The van der Waals surface area contributed by atoms with Crippen LogP contribution in [-0.2, 0) is 23.3 Å². The average Bonchev–Trinajstić information content (AvgIpc) is 2.50. The van der Waals surface area contributed by atoms with Gasteiger partial charge in [0.2, 0.25) is 0 Å². The van der Waals surface area contributed by atoms with E-state index < -0.39 is 66.7 Å². The van der Waals surface area contributed by atoms with Gasteiger partial charge in [-0.3, -0.25) is 0 Å². The summed E-state index contributed by atoms with van der Waals surface area (Å²) in [5, 5.41) is 29.0. The van der Waals surface area contributed by atoms with Crippen LogP contribution in [0.25, 0.3) is 0 Å². The van der Waals surface area contributed by atoms with Crippen molar-refractivity contribution in [2.75, 3.05) is 12.4 Å². The monoisotopic (exact) mass is 392 g/mol. The molecule has 0 aromatic carbocycles. The van der Waals surface area contributed by atoms with Gasteiger partial charge in [0, 0.05) is 0 Å². The Bertz CT molecular complexity index is 487. The van der Waals surface area contributed by atoms with Gasteiger partial charge in [0.1, 0.15) is 0 Å². The molecule has 1 aliphatic rings. The fraction of sp³-hybridized carbons (Fsp3) is 1.00. The molecule has 1 heterocycles. The second-order valence-electron chi connectivity index (χ2n) is 5.52. The summed E-state index contributed by atoms with van der Waals surface area (Å²) >= 11 is -3.09. The van der Waals surface area contributed by atoms with Gasteiger partial charge in [0.25, 0.3) is 0 Å². The van der Waals surface area contributed by atoms with Crippen molar-refractivity contribution in [2.24, 2.45) is 0 Å². The third-order valence-corrected chi connectivity index (χ3v) is 6.20. The van der Waals surface area contributed by atoms with Crippen LogP contribution in [0.5, 0.6) is 0 Å². The van der Waals surface area contributed by atoms with E-state index in [1.54, 1.807) is 11.4 Å². The zero-order chi connectivity index (χ0) is 16.4. The van der Waals surface area contributed by atoms with E-state index in [1.807, 2.05) is 0 Å². The van der Waals surface area contributed by atoms with Gasteiger partial charge in [-0.15, -0.1) is 0 Å². The first-order chi connectivity index (χ1) is 9.39. The van der Waals surface area contributed by atoms with Crippen LogP contribution in [0.15, 0.2) is 0 Å². The third kappa shape index (κ3) is 6.79. The second-order valence-corrected chi connectivity index (χ2v) is 14.4. The molecular formula is C10H21AsO9S. The molecule has 0 bridgehead atoms. The first-order valence-electron chi connectivity index (χ1n) is 6.19. The summed E-state index contributed by atoms with van der Waals surface area (Å²) in [6.07, 6.45) is -6.27. The van der Waals surface area contributed by atoms with Crippen molar-refractivity contribution in [3.05, 3.63) is 0 Å². The van der Waals surface area contributed by atoms with Crippen LogP contribution in [-0.4, -0.2) is 84.8 Å². The molecule has 0 aromatic rings. The first kappa shape index (κ1) is 19.1. The quantitative estimate of drug-likeness (QED) is 0.295. The molecule has 11 heteroatoms. The maximum absolute atomic E-state index is 11.8. The second kappa shape index (κ2) is 7.10. The molecule has 0 unspecified atom stereocenters. The normalized spacial score (nSPS) is 32.3. The summed E-state index contributed by atoms with van der Waals surface area (Å²) in [5.41, 5.74) is 3.15. The van der Waals surface area contributed by atoms with Crippen molar-refractivity contribution in [3.8, 4) is 0 Å². The molecule has 1 rings (SSSR count). The van der Waals surface area contributed by atoms with Gasteiger partial charge in [-0.1, -0.05) is 0 Å². The molecule has 0 radical (unpaired) electrons. The average molecular weight is 392 g/mol. The molecule has 0 spiro atoms. The Morgan fingerprint density at radius 3 is 2.33 bits per heavy atom. The van der Waals surface area contributed by atoms with Gasteiger partial charge in [-0.05, 0) is 0 Å². The minimum absolute atomic E-state index is 0.115. The Balaban J connectivity index is 2.52. The molecule has 21 heavy (non-hydrogen) atoms. The number of aliphatic hydroxyl groups excluding tert-OH is 3. The maximum atomic E-state index is 11.8. The van der Waals surface area contributed by atoms with E-state index in [1.165, 1.54) is 0 Å². The third-order valence-electron chi connectivity index (χ3n) is 2.79. The van der Waals surface area contributed by atoms with Crippen molar-refractivity contribution in [1.82, 2.24) is 0 Å². The fourth-order valence-electron chi connectivity index (χ4n) is 1.93. The summed E-state index contributed by atoms with van der Waals surface area (Å²) in [6.45, 7) is -0.512. The van der Waals surface area contributed by atoms with Crippen molar-refractivity contribution >= 4 is 23.6 Å². The molecule has 0 saturated carbocycles. The zero-order valence-corrected chi connectivity index (χ0v) is 14.4. The topological polar surface area (TPSA) is 151 Å². The van der Waals surface area contributed by atoms with Gasteiger partial charge in [0.15, 0.2) is 0 Å². The van der Waals surface area contributed by atoms with Crippen LogP contribution in [0.3, 0.4) is 0 Å². The molecule has 5 atom stereocenters. The molecule has 0 amide bonds. The predicted molar refractivity (Wildman–Crippen MR) is 72.0 cm³/mol. The van der Waals surface area contributed by atoms with E-state index >= 15 is 0 Å². The van der Waals surface area contributed by atoms with Crippen LogP contribution in [0.4, 0.5) is 0 Å². The van der Waals surface area contributed by atoms with Crippen LogP contribution >= 0.6 is 0 Å². The predicted octanol–water partition coefficient (Wildman–Crippen LogP) is -1.67. The number of hydrogen-bond donors (Lipinski definition) is 4. The molecule has 1 aliphatic heterocycles. The summed E-state index contributed by atoms with van der Waals surface area (Å²) < 4.78 is 51.7. The molecule has 1 saturated heterocycles. The Hall–Kier alpha value is 0.0684. The van der Waals surface area contributed by atoms with Crippen LogP contribution in [0.1, 0.15) is 0 Å². The van der Waals surface area contributed by atoms with Crippen molar-refractivity contribution in [3.63, 3.8) is 0 Å². The Kier molecular flexibility index (Phi) is 6.46. The number of rotatable bonds is 7. The molecular weight excluding hydrogens is 371 g/mol. The van der Waals surface area contributed by atoms with E-state index in [2.05, 4.69) is 0 Å². The van der Waals surface area contributed by atoms with E-state index in [9.17, 15) is 27.5 Å². The van der Waals surface area contributed by atoms with Gasteiger partial charge in [0.05, 0.1) is 0 Å². The number of aliphatic hydroxyl groups is 3. The Morgan fingerprint density at radius 2 is 1.86 bits per heavy atom. The van der Waals surface area contributed by atoms with Crippen LogP contribution in [0, 0.1) is 0 Å². The van der Waals surface area contributed by atoms with Crippen LogP contribution in [0.2, 0.25) is 16.6 Å². The molecule has 0 aliphatic carbocycles. The molecule has 126 valence electrons. The summed E-state index contributed by atoms with van der Waals surface area (Å²) in [4.78, 5) is 0. The molecule has 0 aromatic heterocycles. The minimum atomic E-state index is -4.35. The van der Waals surface area contributed by atoms with E-state index in [0.717, 1.165) is 0 Å². The fourth-order valence-corrected chi connectivity index (χ4v) is 4.97. The molecule has 1 fully saturated rings. The summed E-state index contributed by atoms with van der Waals surface area (Å²) in [5.74, 6) is -0.913. The first-order valence-corrected chi connectivity index (χ1v) is 13.6. The van der Waals surface area contributed by atoms with E-state index in [-0.39, 0.29) is 5.21 Å². The Morgan fingerprint density at radius 1 is 1.29 bits per heavy atom. The van der Waals surface area contributed by atoms with Gasteiger partial charge in [-0.2, -0.15) is 0 Å². The standard InChI is InChI=1S/C10H21AsO9S/c1-11(2,15)3-7-8(13)9(14)10(20-7)19-4-6(12)5-21(16,17)18/h6-10,12-14H,3-5H2,1-2H3,(H,16,17,18)/t6-,7-,8-,9-,10-/m1/s1. The van der Waals surface area contributed by atoms with Gasteiger partial charge >= 0.3 is 125 Å². The number of hydrogen-bond acceptors (Lipinski definition) is 8. The Labute approximate surface area is 125 Å². The summed E-state index contributed by atoms with van der Waals surface area (Å²) in [6, 6.07) is 0. The van der Waals surface area contributed by atoms with E-state index in [0.29, 0.717) is 0 Å². The number of ether oxygens (including phenoxy) is 2. The van der Waals surface area contributed by atoms with Crippen LogP contribution < -0.4 is 0 Å². The van der Waals surface area contributed by atoms with Crippen molar-refractivity contribution < 1.29 is 41.5 Å². The van der Waals surface area contributed by atoms with Crippen molar-refractivity contribution in [1.29, 1.82) is 0 Å². The van der Waals surface area contributed by atoms with Gasteiger partial charge in [-0.25, -0.2) is 0 Å². The molecule has 9 nitrogen and oxygen atoms in total. The SMILES string of the molecule is C[As](C)(=O)C[C@H]1O[C@@H](OC[C@@H](O)CS(=O)(=O)O)[C@H](O)[C@@H]1O. The summed E-state index contributed by atoms with van der Waals surface area (Å²) in [7, 11) is -4.35. The van der Waals surface area contributed by atoms with Crippen molar-refractivity contribution in [2.45, 2.75) is 47.3 Å².